The number of carboxylic acids is 1. The van der Waals surface area contributed by atoms with Gasteiger partial charge in [0.05, 0.1) is 30.8 Å². The summed E-state index contributed by atoms with van der Waals surface area (Å²) < 4.78 is 0. The van der Waals surface area contributed by atoms with Crippen molar-refractivity contribution in [2.75, 3.05) is 19.7 Å². The average molecular weight is 741 g/mol. The van der Waals surface area contributed by atoms with Gasteiger partial charge in [0.15, 0.2) is 5.96 Å². The SMILES string of the molecule is CC(C)C[C@H](NC(=O)[C@@H](NC(=O)[C@H](CCCNC(=N)N)NC(=O)[C@H](CCCCN)NC(=O)[C@H](CO)NC(=O)[C@@H](N)Cc1c[nH]cn1)[C@@H](C)O)C(=O)O. The van der Waals surface area contributed by atoms with Crippen molar-refractivity contribution in [3.63, 3.8) is 0 Å². The van der Waals surface area contributed by atoms with Crippen LogP contribution in [0.4, 0.5) is 0 Å². The molecule has 17 N–H and O–H groups in total. The van der Waals surface area contributed by atoms with Crippen LogP contribution in [-0.2, 0) is 35.2 Å². The van der Waals surface area contributed by atoms with Crippen molar-refractivity contribution >= 4 is 41.5 Å². The third kappa shape index (κ3) is 16.9. The summed E-state index contributed by atoms with van der Waals surface area (Å²) in [5, 5.41) is 51.9. The highest BCUT2D eigenvalue weighted by Gasteiger charge is 2.34. The molecular weight excluding hydrogens is 684 g/mol. The molecule has 294 valence electrons. The predicted octanol–water partition coefficient (Wildman–Crippen LogP) is -4.40. The molecule has 0 saturated carbocycles. The molecular formula is C31H56N12O9. The van der Waals surface area contributed by atoms with E-state index in [1.165, 1.54) is 13.3 Å². The van der Waals surface area contributed by atoms with Gasteiger partial charge in [0.2, 0.25) is 29.5 Å². The van der Waals surface area contributed by atoms with E-state index < -0.39 is 84.5 Å². The van der Waals surface area contributed by atoms with Gasteiger partial charge in [0.1, 0.15) is 30.2 Å². The molecule has 0 saturated heterocycles. The normalized spacial score (nSPS) is 15.2. The molecule has 7 atom stereocenters. The first kappa shape index (κ1) is 45.2. The van der Waals surface area contributed by atoms with Crippen LogP contribution >= 0.6 is 0 Å². The van der Waals surface area contributed by atoms with Crippen LogP contribution in [0.1, 0.15) is 65.0 Å². The molecule has 0 aromatic carbocycles. The van der Waals surface area contributed by atoms with Crippen LogP contribution in [0.5, 0.6) is 0 Å². The minimum atomic E-state index is -1.61. The molecule has 5 amide bonds. The number of carboxylic acid groups (broad SMARTS) is 1. The second kappa shape index (κ2) is 23.6. The van der Waals surface area contributed by atoms with Gasteiger partial charge in [0, 0.05) is 19.2 Å². The highest BCUT2D eigenvalue weighted by molar-refractivity contribution is 5.96. The van der Waals surface area contributed by atoms with Gasteiger partial charge >= 0.3 is 5.97 Å². The number of hydrogen-bond acceptors (Lipinski definition) is 12. The number of amides is 5. The lowest BCUT2D eigenvalue weighted by Gasteiger charge is -2.28. The fourth-order valence-corrected chi connectivity index (χ4v) is 4.91. The molecule has 21 nitrogen and oxygen atoms in total. The van der Waals surface area contributed by atoms with Crippen molar-refractivity contribution in [2.24, 2.45) is 23.1 Å². The number of nitrogens with zero attached hydrogens (tertiary/aromatic N) is 1. The summed E-state index contributed by atoms with van der Waals surface area (Å²) in [6.07, 6.45) is 2.60. The number of carbonyl (C=O) groups excluding carboxylic acids is 5. The Hall–Kier alpha value is -4.86. The largest absolute Gasteiger partial charge is 0.480 e. The average Bonchev–Trinajstić information content (AvgIpc) is 3.58. The summed E-state index contributed by atoms with van der Waals surface area (Å²) in [6.45, 7) is 4.31. The lowest BCUT2D eigenvalue weighted by molar-refractivity contribution is -0.143. The van der Waals surface area contributed by atoms with Crippen LogP contribution in [-0.4, -0.2) is 129 Å². The molecule has 0 radical (unpaired) electrons. The first-order chi connectivity index (χ1) is 24.5. The molecule has 0 spiro atoms. The maximum absolute atomic E-state index is 13.6. The molecule has 0 unspecified atom stereocenters. The van der Waals surface area contributed by atoms with Gasteiger partial charge in [0.25, 0.3) is 0 Å². The Morgan fingerprint density at radius 2 is 1.40 bits per heavy atom. The second-order valence-corrected chi connectivity index (χ2v) is 12.8. The topological polar surface area (TPSA) is 366 Å². The molecule has 1 aromatic rings. The van der Waals surface area contributed by atoms with Crippen molar-refractivity contribution in [3.8, 4) is 0 Å². The first-order valence-corrected chi connectivity index (χ1v) is 17.0. The number of guanidine groups is 1. The Labute approximate surface area is 301 Å². The van der Waals surface area contributed by atoms with E-state index >= 15 is 0 Å². The highest BCUT2D eigenvalue weighted by Crippen LogP contribution is 2.09. The van der Waals surface area contributed by atoms with Gasteiger partial charge in [-0.2, -0.15) is 0 Å². The number of aliphatic hydroxyl groups excluding tert-OH is 2. The summed E-state index contributed by atoms with van der Waals surface area (Å²) >= 11 is 0. The van der Waals surface area contributed by atoms with Crippen LogP contribution in [0, 0.1) is 11.3 Å². The van der Waals surface area contributed by atoms with E-state index in [-0.39, 0.29) is 57.1 Å². The maximum atomic E-state index is 13.6. The lowest BCUT2D eigenvalue weighted by atomic mass is 10.0. The number of aromatic amines is 1. The summed E-state index contributed by atoms with van der Waals surface area (Å²) in [5.41, 5.74) is 17.4. The summed E-state index contributed by atoms with van der Waals surface area (Å²) in [7, 11) is 0. The number of aliphatic hydroxyl groups is 2. The number of unbranched alkanes of at least 4 members (excludes halogenated alkanes) is 1. The quantitative estimate of drug-likeness (QED) is 0.0256. The number of imidazole rings is 1. The molecule has 0 bridgehead atoms. The number of aromatic nitrogens is 2. The van der Waals surface area contributed by atoms with Gasteiger partial charge < -0.3 is 69.4 Å². The Morgan fingerprint density at radius 3 is 1.90 bits per heavy atom. The van der Waals surface area contributed by atoms with Crippen molar-refractivity contribution in [1.29, 1.82) is 5.41 Å². The van der Waals surface area contributed by atoms with Gasteiger partial charge in [-0.1, -0.05) is 13.8 Å². The molecule has 0 aliphatic rings. The van der Waals surface area contributed by atoms with E-state index in [0.29, 0.717) is 18.5 Å². The van der Waals surface area contributed by atoms with E-state index in [2.05, 4.69) is 41.9 Å². The fourth-order valence-electron chi connectivity index (χ4n) is 4.91. The summed E-state index contributed by atoms with van der Waals surface area (Å²) in [4.78, 5) is 84.6. The Morgan fingerprint density at radius 1 is 0.846 bits per heavy atom. The Kier molecular flexibility index (Phi) is 20.5. The van der Waals surface area contributed by atoms with E-state index in [1.54, 1.807) is 20.0 Å². The van der Waals surface area contributed by atoms with Crippen molar-refractivity contribution in [1.82, 2.24) is 41.9 Å². The third-order valence-electron chi connectivity index (χ3n) is 7.72. The minimum Gasteiger partial charge on any atom is -0.480 e. The molecule has 1 heterocycles. The molecule has 1 rings (SSSR count). The maximum Gasteiger partial charge on any atom is 0.326 e. The van der Waals surface area contributed by atoms with Crippen molar-refractivity contribution in [3.05, 3.63) is 18.2 Å². The van der Waals surface area contributed by atoms with Crippen LogP contribution in [0.3, 0.4) is 0 Å². The van der Waals surface area contributed by atoms with Crippen LogP contribution < -0.4 is 49.1 Å². The smallest absolute Gasteiger partial charge is 0.326 e. The predicted molar refractivity (Wildman–Crippen MR) is 188 cm³/mol. The van der Waals surface area contributed by atoms with Gasteiger partial charge in [-0.05, 0) is 57.9 Å². The molecule has 0 aliphatic heterocycles. The van der Waals surface area contributed by atoms with Crippen LogP contribution in [0.2, 0.25) is 0 Å². The van der Waals surface area contributed by atoms with Gasteiger partial charge in [-0.3, -0.25) is 29.4 Å². The Bertz CT molecular complexity index is 1310. The number of nitrogens with one attached hydrogen (secondary N) is 8. The fraction of sp³-hybridized carbons (Fsp3) is 0.677. The van der Waals surface area contributed by atoms with Gasteiger partial charge in [-0.25, -0.2) is 9.78 Å². The second-order valence-electron chi connectivity index (χ2n) is 12.8. The van der Waals surface area contributed by atoms with E-state index in [0.717, 1.165) is 0 Å². The number of aliphatic carboxylic acids is 1. The Balaban J connectivity index is 3.19. The number of rotatable bonds is 25. The third-order valence-corrected chi connectivity index (χ3v) is 7.72. The summed E-state index contributed by atoms with van der Waals surface area (Å²) in [5.74, 6) is -6.11. The van der Waals surface area contributed by atoms with E-state index in [1.807, 2.05) is 0 Å². The zero-order chi connectivity index (χ0) is 39.4. The molecule has 52 heavy (non-hydrogen) atoms. The first-order valence-electron chi connectivity index (χ1n) is 17.0. The molecule has 0 aliphatic carbocycles. The van der Waals surface area contributed by atoms with Crippen LogP contribution in [0.25, 0.3) is 0 Å². The number of nitrogens with two attached hydrogens (primary N) is 3. The van der Waals surface area contributed by atoms with E-state index in [4.69, 9.17) is 22.6 Å². The minimum absolute atomic E-state index is 0.0419. The molecule has 0 fully saturated rings. The van der Waals surface area contributed by atoms with Gasteiger partial charge in [-0.15, -0.1) is 0 Å². The number of hydrogen-bond donors (Lipinski definition) is 14. The zero-order valence-electron chi connectivity index (χ0n) is 29.8. The molecule has 21 heteroatoms. The lowest BCUT2D eigenvalue weighted by Crippen LogP contribution is -2.61. The van der Waals surface area contributed by atoms with Crippen molar-refractivity contribution in [2.45, 2.75) is 108 Å². The summed E-state index contributed by atoms with van der Waals surface area (Å²) in [6, 6.07) is -8.14. The zero-order valence-corrected chi connectivity index (χ0v) is 29.8. The van der Waals surface area contributed by atoms with Crippen molar-refractivity contribution < 1.29 is 44.1 Å². The standard InChI is InChI=1S/C31H56N12O9/c1-16(2)11-22(30(51)52)41-29(50)24(17(3)45)43-27(48)21(8-6-10-37-31(34)35)39-26(47)20(7-4-5-9-32)40-28(49)23(14-44)42-25(46)19(33)12-18-13-36-15-38-18/h13,15-17,19-24,44-45H,4-12,14,32-33H2,1-3H3,(H,36,38)(H,39,47)(H,40,49)(H,41,50)(H,42,46)(H,43,48)(H,51,52)(H4,34,35,37)/t17-,19+,20+,21+,22+,23+,24+/m1/s1. The highest BCUT2D eigenvalue weighted by atomic mass is 16.4. The van der Waals surface area contributed by atoms with Crippen LogP contribution in [0.15, 0.2) is 12.5 Å². The molecule has 1 aromatic heterocycles. The number of carbonyl (C=O) groups is 6. The number of H-pyrrole nitrogens is 1. The van der Waals surface area contributed by atoms with E-state index in [9.17, 15) is 44.1 Å². The monoisotopic (exact) mass is 740 g/mol.